The van der Waals surface area contributed by atoms with E-state index >= 15 is 0 Å². The minimum Gasteiger partial charge on any atom is -0.296 e. The van der Waals surface area contributed by atoms with E-state index in [9.17, 15) is 0 Å². The zero-order valence-corrected chi connectivity index (χ0v) is 19.7. The summed E-state index contributed by atoms with van der Waals surface area (Å²) >= 11 is 0. The van der Waals surface area contributed by atoms with Gasteiger partial charge in [-0.2, -0.15) is 0 Å². The van der Waals surface area contributed by atoms with Crippen LogP contribution in [0.1, 0.15) is 12.5 Å². The van der Waals surface area contributed by atoms with Crippen molar-refractivity contribution in [3.8, 4) is 33.5 Å². The van der Waals surface area contributed by atoms with Gasteiger partial charge >= 0.3 is 0 Å². The molecule has 153 valence electrons. The van der Waals surface area contributed by atoms with Crippen molar-refractivity contribution in [3.63, 3.8) is 0 Å². The Morgan fingerprint density at radius 2 is 1.52 bits per heavy atom. The van der Waals surface area contributed by atoms with Crippen LogP contribution in [0.3, 0.4) is 0 Å². The topological polar surface area (TPSA) is 12.9 Å². The molecule has 1 nitrogen and oxygen atoms in total. The first-order valence-corrected chi connectivity index (χ1v) is 10.4. The smallest absolute Gasteiger partial charge is 0.0601 e. The predicted octanol–water partition coefficient (Wildman–Crippen LogP) is 7.60. The van der Waals surface area contributed by atoms with Crippen LogP contribution in [0.4, 0.5) is 0 Å². The van der Waals surface area contributed by atoms with Gasteiger partial charge in [-0.1, -0.05) is 85.8 Å². The molecule has 0 spiro atoms. The van der Waals surface area contributed by atoms with Crippen LogP contribution in [0.25, 0.3) is 44.4 Å². The van der Waals surface area contributed by atoms with Crippen molar-refractivity contribution in [1.29, 1.82) is 0 Å². The summed E-state index contributed by atoms with van der Waals surface area (Å²) in [5, 5.41) is 1.17. The van der Waals surface area contributed by atoms with Gasteiger partial charge in [0.25, 0.3) is 0 Å². The van der Waals surface area contributed by atoms with Gasteiger partial charge in [0.05, 0.1) is 5.52 Å². The third-order valence-corrected chi connectivity index (χ3v) is 5.59. The molecule has 0 N–H and O–H groups in total. The molecule has 2 heteroatoms. The van der Waals surface area contributed by atoms with E-state index in [0.717, 1.165) is 23.2 Å². The van der Waals surface area contributed by atoms with Crippen LogP contribution in [0, 0.1) is 6.07 Å². The second kappa shape index (κ2) is 9.39. The number of hydrogen-bond donors (Lipinski definition) is 0. The maximum absolute atomic E-state index is 4.96. The summed E-state index contributed by atoms with van der Waals surface area (Å²) < 4.78 is 0. The van der Waals surface area contributed by atoms with Gasteiger partial charge in [0, 0.05) is 25.5 Å². The van der Waals surface area contributed by atoms with Crippen molar-refractivity contribution < 1.29 is 20.1 Å². The molecule has 4 aromatic carbocycles. The van der Waals surface area contributed by atoms with Crippen LogP contribution >= 0.6 is 0 Å². The standard InChI is InChI=1S/C29H22N.Ir/c1-2-21-14-16-22(17-15-21)24-10-6-11-25(20-24)28-19-18-27-26(12-7-13-29(27)30-28)23-8-4-3-5-9-23;/h3-10,12-20H,2H2,1H3;/q-1;. The summed E-state index contributed by atoms with van der Waals surface area (Å²) in [4.78, 5) is 4.96. The number of rotatable bonds is 4. The zero-order valence-electron chi connectivity index (χ0n) is 17.3. The van der Waals surface area contributed by atoms with Gasteiger partial charge in [-0.25, -0.2) is 0 Å². The Balaban J connectivity index is 0.00000231. The molecule has 0 aliphatic rings. The van der Waals surface area contributed by atoms with Crippen molar-refractivity contribution in [3.05, 3.63) is 115 Å². The van der Waals surface area contributed by atoms with E-state index in [4.69, 9.17) is 4.98 Å². The number of hydrogen-bond acceptors (Lipinski definition) is 1. The number of benzene rings is 4. The van der Waals surface area contributed by atoms with Gasteiger partial charge in [-0.15, -0.1) is 35.4 Å². The van der Waals surface area contributed by atoms with Gasteiger partial charge in [-0.05, 0) is 40.4 Å². The maximum Gasteiger partial charge on any atom is 0.0601 e. The number of fused-ring (bicyclic) bond motifs is 1. The fourth-order valence-electron chi connectivity index (χ4n) is 3.90. The van der Waals surface area contributed by atoms with Gasteiger partial charge in [-0.3, -0.25) is 4.98 Å². The minimum atomic E-state index is 0. The second-order valence-electron chi connectivity index (χ2n) is 7.48. The summed E-state index contributed by atoms with van der Waals surface area (Å²) in [7, 11) is 0. The van der Waals surface area contributed by atoms with E-state index in [0.29, 0.717) is 0 Å². The number of nitrogens with zero attached hydrogens (tertiary/aromatic N) is 1. The first-order chi connectivity index (χ1) is 14.8. The summed E-state index contributed by atoms with van der Waals surface area (Å²) in [5.74, 6) is 0. The fraction of sp³-hybridized carbons (Fsp3) is 0.0690. The molecule has 0 bridgehead atoms. The first-order valence-electron chi connectivity index (χ1n) is 10.4. The van der Waals surface area contributed by atoms with Gasteiger partial charge in [0.1, 0.15) is 0 Å². The van der Waals surface area contributed by atoms with Crippen molar-refractivity contribution >= 4 is 10.9 Å². The monoisotopic (exact) mass is 577 g/mol. The number of pyridine rings is 1. The average Bonchev–Trinajstić information content (AvgIpc) is 2.84. The molecule has 5 rings (SSSR count). The SMILES string of the molecule is CCc1ccc(-c2cc[c-]c(-c3ccc4c(-c5ccccc5)cccc4n3)c2)cc1.[Ir]. The van der Waals surface area contributed by atoms with Crippen molar-refractivity contribution in [2.45, 2.75) is 13.3 Å². The molecule has 0 aliphatic heterocycles. The Bertz CT molecular complexity index is 1310. The second-order valence-corrected chi connectivity index (χ2v) is 7.48. The quantitative estimate of drug-likeness (QED) is 0.201. The van der Waals surface area contributed by atoms with Crippen molar-refractivity contribution in [1.82, 2.24) is 4.98 Å². The predicted molar refractivity (Wildman–Crippen MR) is 126 cm³/mol. The van der Waals surface area contributed by atoms with E-state index in [-0.39, 0.29) is 20.1 Å². The zero-order chi connectivity index (χ0) is 20.3. The molecule has 0 saturated carbocycles. The molecule has 1 aromatic heterocycles. The van der Waals surface area contributed by atoms with Gasteiger partial charge in [0.2, 0.25) is 0 Å². The third-order valence-electron chi connectivity index (χ3n) is 5.59. The largest absolute Gasteiger partial charge is 0.296 e. The Kier molecular flexibility index (Phi) is 6.42. The molecule has 5 aromatic rings. The minimum absolute atomic E-state index is 0. The van der Waals surface area contributed by atoms with Gasteiger partial charge in [0.15, 0.2) is 0 Å². The fourth-order valence-corrected chi connectivity index (χ4v) is 3.90. The molecule has 1 radical (unpaired) electrons. The van der Waals surface area contributed by atoms with E-state index < -0.39 is 0 Å². The Hall–Kier alpha value is -3.06. The van der Waals surface area contributed by atoms with Crippen molar-refractivity contribution in [2.24, 2.45) is 0 Å². The van der Waals surface area contributed by atoms with Crippen LogP contribution in [-0.2, 0) is 26.5 Å². The van der Waals surface area contributed by atoms with Crippen LogP contribution in [0.15, 0.2) is 103 Å². The number of aryl methyl sites for hydroxylation is 1. The molecule has 0 fully saturated rings. The van der Waals surface area contributed by atoms with E-state index in [2.05, 4.69) is 104 Å². The summed E-state index contributed by atoms with van der Waals surface area (Å²) in [6.07, 6.45) is 1.06. The molecule has 0 amide bonds. The van der Waals surface area contributed by atoms with Crippen molar-refractivity contribution in [2.75, 3.05) is 0 Å². The van der Waals surface area contributed by atoms with E-state index in [1.807, 2.05) is 12.1 Å². The molecule has 0 aliphatic carbocycles. The van der Waals surface area contributed by atoms with Crippen LogP contribution in [0.2, 0.25) is 0 Å². The molecule has 0 atom stereocenters. The molecular formula is C29H22IrN-. The van der Waals surface area contributed by atoms with Crippen LogP contribution in [-0.4, -0.2) is 4.98 Å². The summed E-state index contributed by atoms with van der Waals surface area (Å²) in [6.45, 7) is 2.18. The average molecular weight is 577 g/mol. The molecule has 1 heterocycles. The third kappa shape index (κ3) is 4.37. The Morgan fingerprint density at radius 1 is 0.710 bits per heavy atom. The molecule has 0 unspecified atom stereocenters. The normalized spacial score (nSPS) is 10.6. The number of aromatic nitrogens is 1. The van der Waals surface area contributed by atoms with Gasteiger partial charge < -0.3 is 0 Å². The van der Waals surface area contributed by atoms with Crippen LogP contribution in [0.5, 0.6) is 0 Å². The van der Waals surface area contributed by atoms with E-state index in [1.54, 1.807) is 0 Å². The molecule has 31 heavy (non-hydrogen) atoms. The molecular weight excluding hydrogens is 555 g/mol. The summed E-state index contributed by atoms with van der Waals surface area (Å²) in [6, 6.07) is 39.5. The maximum atomic E-state index is 4.96. The van der Waals surface area contributed by atoms with Crippen LogP contribution < -0.4 is 0 Å². The first kappa shape index (κ1) is 21.2. The van der Waals surface area contributed by atoms with E-state index in [1.165, 1.54) is 33.2 Å². The Labute approximate surface area is 197 Å². The molecule has 0 saturated heterocycles. The summed E-state index contributed by atoms with van der Waals surface area (Å²) in [5.41, 5.74) is 9.13. The Morgan fingerprint density at radius 3 is 2.29 bits per heavy atom.